The molecular weight excluding hydrogens is 226 g/mol. The van der Waals surface area contributed by atoms with Gasteiger partial charge in [-0.15, -0.1) is 0 Å². The predicted molar refractivity (Wildman–Crippen MR) is 45.5 cm³/mol. The number of esters is 1. The van der Waals surface area contributed by atoms with E-state index >= 15 is 0 Å². The lowest BCUT2D eigenvalue weighted by Crippen LogP contribution is -2.09. The van der Waals surface area contributed by atoms with Crippen molar-refractivity contribution in [3.63, 3.8) is 0 Å². The van der Waals surface area contributed by atoms with Crippen LogP contribution in [0.3, 0.4) is 0 Å². The number of halogens is 1. The standard InChI is InChI=1S/C6H6BrN3O2/c1-12-6(11)4-5(8)10-3(7)2-9-4/h2H,1H3,(H2,8,10). The van der Waals surface area contributed by atoms with E-state index in [9.17, 15) is 4.79 Å². The molecule has 0 fully saturated rings. The van der Waals surface area contributed by atoms with Gasteiger partial charge in [0.1, 0.15) is 4.60 Å². The molecule has 12 heavy (non-hydrogen) atoms. The summed E-state index contributed by atoms with van der Waals surface area (Å²) >= 11 is 3.06. The Bertz CT molecular complexity index is 316. The molecule has 1 rings (SSSR count). The molecule has 0 aliphatic carbocycles. The molecule has 0 aliphatic rings. The number of ether oxygens (including phenoxy) is 1. The zero-order valence-electron chi connectivity index (χ0n) is 6.24. The molecular formula is C6H6BrN3O2. The molecule has 1 heterocycles. The van der Waals surface area contributed by atoms with Gasteiger partial charge in [-0.2, -0.15) is 0 Å². The van der Waals surface area contributed by atoms with Crippen LogP contribution in [0.2, 0.25) is 0 Å². The molecule has 1 aromatic heterocycles. The summed E-state index contributed by atoms with van der Waals surface area (Å²) in [6.07, 6.45) is 1.38. The van der Waals surface area contributed by atoms with Gasteiger partial charge in [0, 0.05) is 0 Å². The average molecular weight is 232 g/mol. The van der Waals surface area contributed by atoms with E-state index in [1.807, 2.05) is 0 Å². The van der Waals surface area contributed by atoms with Crippen LogP contribution in [0, 0.1) is 0 Å². The number of carbonyl (C=O) groups excluding carboxylic acids is 1. The highest BCUT2D eigenvalue weighted by Crippen LogP contribution is 2.10. The van der Waals surface area contributed by atoms with Crippen LogP contribution >= 0.6 is 15.9 Å². The van der Waals surface area contributed by atoms with E-state index in [1.165, 1.54) is 13.3 Å². The van der Waals surface area contributed by atoms with Crippen LogP contribution in [0.4, 0.5) is 5.82 Å². The Labute approximate surface area is 77.1 Å². The van der Waals surface area contributed by atoms with Gasteiger partial charge in [-0.05, 0) is 15.9 Å². The number of methoxy groups -OCH3 is 1. The minimum Gasteiger partial charge on any atom is -0.464 e. The Balaban J connectivity index is 3.09. The third-order valence-electron chi connectivity index (χ3n) is 1.15. The second-order valence-corrected chi connectivity index (χ2v) is 2.73. The van der Waals surface area contributed by atoms with Crippen LogP contribution in [0.25, 0.3) is 0 Å². The molecule has 0 saturated carbocycles. The molecule has 1 aromatic rings. The van der Waals surface area contributed by atoms with E-state index < -0.39 is 5.97 Å². The zero-order valence-corrected chi connectivity index (χ0v) is 7.83. The highest BCUT2D eigenvalue weighted by molar-refractivity contribution is 9.10. The molecule has 0 atom stereocenters. The van der Waals surface area contributed by atoms with Crippen LogP contribution in [0.1, 0.15) is 10.5 Å². The molecule has 0 radical (unpaired) electrons. The number of nitrogens with two attached hydrogens (primary N) is 1. The second kappa shape index (κ2) is 3.48. The number of anilines is 1. The summed E-state index contributed by atoms with van der Waals surface area (Å²) in [5.41, 5.74) is 5.42. The molecule has 6 heteroatoms. The monoisotopic (exact) mass is 231 g/mol. The summed E-state index contributed by atoms with van der Waals surface area (Å²) in [5.74, 6) is -0.538. The first-order valence-electron chi connectivity index (χ1n) is 3.01. The van der Waals surface area contributed by atoms with Gasteiger partial charge in [-0.1, -0.05) is 0 Å². The maximum absolute atomic E-state index is 10.9. The average Bonchev–Trinajstić information content (AvgIpc) is 2.03. The molecule has 2 N–H and O–H groups in total. The van der Waals surface area contributed by atoms with E-state index in [1.54, 1.807) is 0 Å². The summed E-state index contributed by atoms with van der Waals surface area (Å²) in [5, 5.41) is 0. The number of nitrogen functional groups attached to an aromatic ring is 1. The lowest BCUT2D eigenvalue weighted by molar-refractivity contribution is 0.0595. The van der Waals surface area contributed by atoms with Crippen molar-refractivity contribution >= 4 is 27.7 Å². The first-order chi connectivity index (χ1) is 5.65. The van der Waals surface area contributed by atoms with Crippen LogP contribution in [-0.2, 0) is 4.74 Å². The second-order valence-electron chi connectivity index (χ2n) is 1.92. The summed E-state index contributed by atoms with van der Waals surface area (Å²) < 4.78 is 4.90. The molecule has 0 unspecified atom stereocenters. The van der Waals surface area contributed by atoms with Crippen molar-refractivity contribution in [1.29, 1.82) is 0 Å². The molecule has 0 aromatic carbocycles. The van der Waals surface area contributed by atoms with Crippen LogP contribution in [0.15, 0.2) is 10.8 Å². The fourth-order valence-corrected chi connectivity index (χ4v) is 0.928. The first kappa shape index (κ1) is 8.92. The van der Waals surface area contributed by atoms with E-state index in [0.29, 0.717) is 4.60 Å². The fraction of sp³-hybridized carbons (Fsp3) is 0.167. The van der Waals surface area contributed by atoms with Gasteiger partial charge in [0.05, 0.1) is 13.3 Å². The zero-order chi connectivity index (χ0) is 9.14. The van der Waals surface area contributed by atoms with Crippen molar-refractivity contribution < 1.29 is 9.53 Å². The van der Waals surface area contributed by atoms with Gasteiger partial charge in [0.25, 0.3) is 0 Å². The number of aromatic nitrogens is 2. The fourth-order valence-electron chi connectivity index (χ4n) is 0.635. The molecule has 0 amide bonds. The van der Waals surface area contributed by atoms with Crippen LogP contribution in [0.5, 0.6) is 0 Å². The number of hydrogen-bond acceptors (Lipinski definition) is 5. The van der Waals surface area contributed by atoms with E-state index in [2.05, 4.69) is 30.6 Å². The SMILES string of the molecule is COC(=O)c1ncc(Br)nc1N. The minimum absolute atomic E-state index is 0.0284. The summed E-state index contributed by atoms with van der Waals surface area (Å²) in [6, 6.07) is 0. The topological polar surface area (TPSA) is 78.1 Å². The van der Waals surface area contributed by atoms with E-state index in [4.69, 9.17) is 5.73 Å². The van der Waals surface area contributed by atoms with Gasteiger partial charge in [0.2, 0.25) is 0 Å². The van der Waals surface area contributed by atoms with Gasteiger partial charge < -0.3 is 10.5 Å². The third kappa shape index (κ3) is 1.70. The van der Waals surface area contributed by atoms with Gasteiger partial charge >= 0.3 is 5.97 Å². The molecule has 0 spiro atoms. The van der Waals surface area contributed by atoms with E-state index in [0.717, 1.165) is 0 Å². The largest absolute Gasteiger partial charge is 0.464 e. The quantitative estimate of drug-likeness (QED) is 0.717. The number of nitrogens with zero attached hydrogens (tertiary/aromatic N) is 2. The lowest BCUT2D eigenvalue weighted by atomic mass is 10.4. The molecule has 5 nitrogen and oxygen atoms in total. The highest BCUT2D eigenvalue weighted by atomic mass is 79.9. The van der Waals surface area contributed by atoms with Crippen molar-refractivity contribution in [3.05, 3.63) is 16.5 Å². The normalized spacial score (nSPS) is 9.50. The van der Waals surface area contributed by atoms with Crippen molar-refractivity contribution in [2.24, 2.45) is 0 Å². The summed E-state index contributed by atoms with van der Waals surface area (Å²) in [4.78, 5) is 18.4. The van der Waals surface area contributed by atoms with Crippen molar-refractivity contribution in [1.82, 2.24) is 9.97 Å². The Morgan fingerprint density at radius 1 is 1.75 bits per heavy atom. The molecule has 0 saturated heterocycles. The minimum atomic E-state index is -0.590. The lowest BCUT2D eigenvalue weighted by Gasteiger charge is -2.00. The maximum atomic E-state index is 10.9. The smallest absolute Gasteiger partial charge is 0.360 e. The number of carbonyl (C=O) groups is 1. The molecule has 0 aliphatic heterocycles. The number of rotatable bonds is 1. The first-order valence-corrected chi connectivity index (χ1v) is 3.80. The molecule has 0 bridgehead atoms. The van der Waals surface area contributed by atoms with Crippen LogP contribution < -0.4 is 5.73 Å². The Kier molecular flexibility index (Phi) is 2.59. The Morgan fingerprint density at radius 3 is 2.92 bits per heavy atom. The summed E-state index contributed by atoms with van der Waals surface area (Å²) in [6.45, 7) is 0. The predicted octanol–water partition coefficient (Wildman–Crippen LogP) is 0.608. The highest BCUT2D eigenvalue weighted by Gasteiger charge is 2.12. The Hall–Kier alpha value is -1.17. The van der Waals surface area contributed by atoms with Crippen molar-refractivity contribution in [2.45, 2.75) is 0 Å². The van der Waals surface area contributed by atoms with E-state index in [-0.39, 0.29) is 11.5 Å². The van der Waals surface area contributed by atoms with Crippen molar-refractivity contribution in [3.8, 4) is 0 Å². The van der Waals surface area contributed by atoms with Gasteiger partial charge in [-0.3, -0.25) is 0 Å². The van der Waals surface area contributed by atoms with Crippen molar-refractivity contribution in [2.75, 3.05) is 12.8 Å². The van der Waals surface area contributed by atoms with Gasteiger partial charge in [0.15, 0.2) is 11.5 Å². The third-order valence-corrected chi connectivity index (χ3v) is 1.53. The number of hydrogen-bond donors (Lipinski definition) is 1. The summed E-state index contributed by atoms with van der Waals surface area (Å²) in [7, 11) is 1.26. The molecule has 64 valence electrons. The van der Waals surface area contributed by atoms with Gasteiger partial charge in [-0.25, -0.2) is 14.8 Å². The Morgan fingerprint density at radius 2 is 2.42 bits per heavy atom. The maximum Gasteiger partial charge on any atom is 0.360 e. The van der Waals surface area contributed by atoms with Crippen LogP contribution in [-0.4, -0.2) is 23.0 Å².